The van der Waals surface area contributed by atoms with Crippen LogP contribution >= 0.6 is 0 Å². The molecule has 1 N–H and O–H groups in total. The Morgan fingerprint density at radius 1 is 1.21 bits per heavy atom. The van der Waals surface area contributed by atoms with Gasteiger partial charge in [-0.25, -0.2) is 0 Å². The largest absolute Gasteiger partial charge is 0.376 e. The van der Waals surface area contributed by atoms with Crippen LogP contribution in [0.15, 0.2) is 42.7 Å². The van der Waals surface area contributed by atoms with E-state index in [1.807, 2.05) is 12.4 Å². The Bertz CT molecular complexity index is 602. The number of hydrogen-bond donors (Lipinski definition) is 1. The molecule has 98 valence electrons. The summed E-state index contributed by atoms with van der Waals surface area (Å²) in [5.41, 5.74) is 5.50. The lowest BCUT2D eigenvalue weighted by molar-refractivity contribution is 0.337. The minimum atomic E-state index is 0.228. The van der Waals surface area contributed by atoms with Crippen molar-refractivity contribution in [2.75, 3.05) is 5.32 Å². The highest BCUT2D eigenvalue weighted by atomic mass is 15.0. The van der Waals surface area contributed by atoms with Crippen molar-refractivity contribution in [3.63, 3.8) is 0 Å². The fourth-order valence-electron chi connectivity index (χ4n) is 3.03. The second kappa shape index (κ2) is 4.37. The van der Waals surface area contributed by atoms with Gasteiger partial charge in [0.1, 0.15) is 0 Å². The molecule has 1 aromatic heterocycles. The second-order valence-corrected chi connectivity index (χ2v) is 6.13. The van der Waals surface area contributed by atoms with E-state index in [1.54, 1.807) is 0 Å². The number of benzene rings is 1. The van der Waals surface area contributed by atoms with E-state index in [1.165, 1.54) is 16.7 Å². The monoisotopic (exact) mass is 252 g/mol. The van der Waals surface area contributed by atoms with E-state index < -0.39 is 0 Å². The van der Waals surface area contributed by atoms with Crippen molar-refractivity contribution in [1.29, 1.82) is 0 Å². The van der Waals surface area contributed by atoms with Crippen LogP contribution in [-0.4, -0.2) is 4.98 Å². The summed E-state index contributed by atoms with van der Waals surface area (Å²) in [7, 11) is 0. The van der Waals surface area contributed by atoms with Crippen molar-refractivity contribution in [3.05, 3.63) is 59.4 Å². The van der Waals surface area contributed by atoms with E-state index in [-0.39, 0.29) is 5.41 Å². The molecule has 2 aromatic rings. The summed E-state index contributed by atoms with van der Waals surface area (Å²) >= 11 is 0. The van der Waals surface area contributed by atoms with Crippen LogP contribution in [0.2, 0.25) is 0 Å². The van der Waals surface area contributed by atoms with Crippen molar-refractivity contribution in [3.8, 4) is 0 Å². The molecule has 2 heteroatoms. The quantitative estimate of drug-likeness (QED) is 0.869. The Morgan fingerprint density at radius 2 is 2.00 bits per heavy atom. The molecule has 1 aliphatic carbocycles. The Morgan fingerprint density at radius 3 is 2.79 bits per heavy atom. The first kappa shape index (κ1) is 12.2. The van der Waals surface area contributed by atoms with Crippen LogP contribution in [0.25, 0.3) is 0 Å². The molecule has 0 aliphatic heterocycles. The Balaban J connectivity index is 1.98. The predicted octanol–water partition coefficient (Wildman–Crippen LogP) is 4.13. The number of nitrogens with one attached hydrogen (secondary N) is 1. The molecule has 0 radical (unpaired) electrons. The van der Waals surface area contributed by atoms with Gasteiger partial charge in [0.15, 0.2) is 0 Å². The van der Waals surface area contributed by atoms with E-state index >= 15 is 0 Å². The van der Waals surface area contributed by atoms with Crippen LogP contribution in [0.3, 0.4) is 0 Å². The van der Waals surface area contributed by atoms with Crippen LogP contribution in [0.1, 0.15) is 36.6 Å². The van der Waals surface area contributed by atoms with Crippen molar-refractivity contribution >= 4 is 5.69 Å². The fourth-order valence-corrected chi connectivity index (χ4v) is 3.03. The van der Waals surface area contributed by atoms with Gasteiger partial charge in [0.25, 0.3) is 0 Å². The summed E-state index contributed by atoms with van der Waals surface area (Å²) in [6.45, 7) is 6.78. The SMILES string of the molecule is Cc1ccncc1NC1c2ccccc2CC1(C)C. The number of hydrogen-bond acceptors (Lipinski definition) is 2. The van der Waals surface area contributed by atoms with E-state index in [2.05, 4.69) is 61.4 Å². The molecule has 0 amide bonds. The lowest BCUT2D eigenvalue weighted by Gasteiger charge is -2.30. The first-order valence-electron chi connectivity index (χ1n) is 6.83. The van der Waals surface area contributed by atoms with Gasteiger partial charge in [0.05, 0.1) is 17.9 Å². The lowest BCUT2D eigenvalue weighted by Crippen LogP contribution is -2.24. The molecule has 1 atom stereocenters. The van der Waals surface area contributed by atoms with Gasteiger partial charge in [-0.3, -0.25) is 4.98 Å². The van der Waals surface area contributed by atoms with E-state index in [9.17, 15) is 0 Å². The van der Waals surface area contributed by atoms with Gasteiger partial charge in [-0.2, -0.15) is 0 Å². The maximum Gasteiger partial charge on any atom is 0.0571 e. The summed E-state index contributed by atoms with van der Waals surface area (Å²) < 4.78 is 0. The average Bonchev–Trinajstić information content (AvgIpc) is 2.63. The Hall–Kier alpha value is -1.83. The minimum absolute atomic E-state index is 0.228. The second-order valence-electron chi connectivity index (χ2n) is 6.13. The summed E-state index contributed by atoms with van der Waals surface area (Å²) in [5, 5.41) is 3.69. The van der Waals surface area contributed by atoms with Crippen molar-refractivity contribution in [1.82, 2.24) is 4.98 Å². The number of aryl methyl sites for hydroxylation is 1. The van der Waals surface area contributed by atoms with Crippen molar-refractivity contribution in [2.45, 2.75) is 33.2 Å². The Labute approximate surface area is 114 Å². The topological polar surface area (TPSA) is 24.9 Å². The molecule has 0 fully saturated rings. The first-order valence-corrected chi connectivity index (χ1v) is 6.83. The van der Waals surface area contributed by atoms with Crippen molar-refractivity contribution < 1.29 is 0 Å². The predicted molar refractivity (Wildman–Crippen MR) is 79.3 cm³/mol. The summed E-state index contributed by atoms with van der Waals surface area (Å²) in [4.78, 5) is 4.23. The van der Waals surface area contributed by atoms with E-state index in [0.29, 0.717) is 6.04 Å². The van der Waals surface area contributed by atoms with Gasteiger partial charge in [0.2, 0.25) is 0 Å². The standard InChI is InChI=1S/C17H20N2/c1-12-8-9-18-11-15(12)19-16-14-7-5-4-6-13(14)10-17(16,2)3/h4-9,11,16,19H,10H2,1-3H3. The van der Waals surface area contributed by atoms with Gasteiger partial charge in [-0.15, -0.1) is 0 Å². The molecule has 1 unspecified atom stereocenters. The molecule has 1 aliphatic rings. The minimum Gasteiger partial charge on any atom is -0.376 e. The molecule has 1 heterocycles. The highest BCUT2D eigenvalue weighted by molar-refractivity contribution is 5.52. The van der Waals surface area contributed by atoms with Gasteiger partial charge in [-0.1, -0.05) is 38.1 Å². The maximum atomic E-state index is 4.23. The third-order valence-corrected chi connectivity index (χ3v) is 4.13. The zero-order chi connectivity index (χ0) is 13.5. The molecule has 0 bridgehead atoms. The molecule has 0 saturated heterocycles. The van der Waals surface area contributed by atoms with Crippen molar-refractivity contribution in [2.24, 2.45) is 5.41 Å². The average molecular weight is 252 g/mol. The number of aromatic nitrogens is 1. The lowest BCUT2D eigenvalue weighted by atomic mass is 9.85. The molecule has 1 aromatic carbocycles. The van der Waals surface area contributed by atoms with Crippen LogP contribution in [0.4, 0.5) is 5.69 Å². The number of anilines is 1. The highest BCUT2D eigenvalue weighted by Crippen LogP contribution is 2.46. The van der Waals surface area contributed by atoms with Gasteiger partial charge < -0.3 is 5.32 Å². The number of nitrogens with zero attached hydrogens (tertiary/aromatic N) is 1. The molecule has 19 heavy (non-hydrogen) atoms. The molecule has 2 nitrogen and oxygen atoms in total. The van der Waals surface area contributed by atoms with Gasteiger partial charge in [0, 0.05) is 6.20 Å². The molecular formula is C17H20N2. The molecule has 3 rings (SSSR count). The molecule has 0 saturated carbocycles. The number of pyridine rings is 1. The smallest absolute Gasteiger partial charge is 0.0571 e. The number of fused-ring (bicyclic) bond motifs is 1. The fraction of sp³-hybridized carbons (Fsp3) is 0.353. The zero-order valence-corrected chi connectivity index (χ0v) is 11.8. The van der Waals surface area contributed by atoms with E-state index in [4.69, 9.17) is 0 Å². The van der Waals surface area contributed by atoms with Crippen LogP contribution in [0, 0.1) is 12.3 Å². The molecule has 0 spiro atoms. The third-order valence-electron chi connectivity index (χ3n) is 4.13. The zero-order valence-electron chi connectivity index (χ0n) is 11.8. The van der Waals surface area contributed by atoms with Gasteiger partial charge in [-0.05, 0) is 41.5 Å². The normalized spacial score (nSPS) is 20.1. The van der Waals surface area contributed by atoms with Crippen LogP contribution in [-0.2, 0) is 6.42 Å². The third kappa shape index (κ3) is 2.12. The maximum absolute atomic E-state index is 4.23. The summed E-state index contributed by atoms with van der Waals surface area (Å²) in [6, 6.07) is 11.2. The summed E-state index contributed by atoms with van der Waals surface area (Å²) in [5.74, 6) is 0. The summed E-state index contributed by atoms with van der Waals surface area (Å²) in [6.07, 6.45) is 4.89. The Kier molecular flexibility index (Phi) is 2.81. The molecular weight excluding hydrogens is 232 g/mol. The van der Waals surface area contributed by atoms with E-state index in [0.717, 1.165) is 12.1 Å². The highest BCUT2D eigenvalue weighted by Gasteiger charge is 2.38. The first-order chi connectivity index (χ1) is 9.08. The van der Waals surface area contributed by atoms with Crippen LogP contribution < -0.4 is 5.32 Å². The number of rotatable bonds is 2. The van der Waals surface area contributed by atoms with Crippen LogP contribution in [0.5, 0.6) is 0 Å². The van der Waals surface area contributed by atoms with Gasteiger partial charge >= 0.3 is 0 Å².